The van der Waals surface area contributed by atoms with Gasteiger partial charge in [-0.15, -0.1) is 0 Å². The summed E-state index contributed by atoms with van der Waals surface area (Å²) in [7, 11) is 0. The van der Waals surface area contributed by atoms with E-state index in [0.717, 1.165) is 37.0 Å². The molecule has 2 aromatic carbocycles. The van der Waals surface area contributed by atoms with E-state index >= 15 is 0 Å². The highest BCUT2D eigenvalue weighted by molar-refractivity contribution is 5.43. The molecule has 35 heavy (non-hydrogen) atoms. The van der Waals surface area contributed by atoms with Gasteiger partial charge in [-0.2, -0.15) is 0 Å². The largest absolute Gasteiger partial charge is 0.489 e. The van der Waals surface area contributed by atoms with Crippen molar-refractivity contribution in [2.75, 3.05) is 6.61 Å². The minimum absolute atomic E-state index is 0.0901. The van der Waals surface area contributed by atoms with E-state index in [-0.39, 0.29) is 24.0 Å². The number of aliphatic hydroxyl groups is 2. The Morgan fingerprint density at radius 3 is 2.46 bits per heavy atom. The van der Waals surface area contributed by atoms with E-state index in [1.807, 2.05) is 6.07 Å². The maximum absolute atomic E-state index is 10.7. The highest BCUT2D eigenvalue weighted by Crippen LogP contribution is 2.47. The summed E-state index contributed by atoms with van der Waals surface area (Å²) in [4.78, 5) is 0. The van der Waals surface area contributed by atoms with Crippen LogP contribution in [0.1, 0.15) is 108 Å². The van der Waals surface area contributed by atoms with Gasteiger partial charge in [-0.3, -0.25) is 0 Å². The zero-order chi connectivity index (χ0) is 25.3. The summed E-state index contributed by atoms with van der Waals surface area (Å²) in [6.07, 6.45) is 9.39. The lowest BCUT2D eigenvalue weighted by Crippen LogP contribution is -2.33. The quantitative estimate of drug-likeness (QED) is 0.288. The van der Waals surface area contributed by atoms with Crippen LogP contribution in [0.2, 0.25) is 0 Å². The van der Waals surface area contributed by atoms with Gasteiger partial charge in [0.2, 0.25) is 0 Å². The monoisotopic (exact) mass is 480 g/mol. The topological polar surface area (TPSA) is 49.7 Å². The molecule has 0 spiro atoms. The molecule has 0 amide bonds. The Bertz CT molecular complexity index is 876. The van der Waals surface area contributed by atoms with Crippen molar-refractivity contribution in [3.8, 4) is 5.75 Å². The van der Waals surface area contributed by atoms with Gasteiger partial charge < -0.3 is 14.9 Å². The van der Waals surface area contributed by atoms with Gasteiger partial charge >= 0.3 is 0 Å². The smallest absolute Gasteiger partial charge is 0.123 e. The minimum atomic E-state index is -0.281. The normalized spacial score (nSPS) is 22.8. The van der Waals surface area contributed by atoms with E-state index in [2.05, 4.69) is 70.2 Å². The molecule has 0 aromatic heterocycles. The summed E-state index contributed by atoms with van der Waals surface area (Å²) in [6, 6.07) is 17.2. The molecule has 2 N–H and O–H groups in total. The van der Waals surface area contributed by atoms with Crippen LogP contribution in [0.3, 0.4) is 0 Å². The number of ether oxygens (including phenoxy) is 1. The molecule has 3 rings (SSSR count). The van der Waals surface area contributed by atoms with Gasteiger partial charge in [0.15, 0.2) is 0 Å². The number of aliphatic hydroxyl groups excluding tert-OH is 2. The van der Waals surface area contributed by atoms with Crippen LogP contribution in [-0.4, -0.2) is 22.9 Å². The third kappa shape index (κ3) is 7.82. The van der Waals surface area contributed by atoms with Crippen LogP contribution in [0.25, 0.3) is 0 Å². The van der Waals surface area contributed by atoms with Crippen molar-refractivity contribution in [2.45, 2.75) is 110 Å². The van der Waals surface area contributed by atoms with Crippen LogP contribution in [0.5, 0.6) is 5.75 Å². The lowest BCUT2D eigenvalue weighted by molar-refractivity contribution is 0.0526. The molecule has 1 aliphatic carbocycles. The highest BCUT2D eigenvalue weighted by Gasteiger charge is 2.37. The molecule has 1 saturated carbocycles. The number of unbranched alkanes of at least 4 members (excludes halogenated alkanes) is 3. The molecule has 4 atom stereocenters. The molecular formula is C32H48O3. The first-order chi connectivity index (χ1) is 16.9. The zero-order valence-electron chi connectivity index (χ0n) is 22.5. The number of hydrogen-bond donors (Lipinski definition) is 2. The van der Waals surface area contributed by atoms with E-state index < -0.39 is 0 Å². The van der Waals surface area contributed by atoms with Gasteiger partial charge in [0.05, 0.1) is 6.10 Å². The van der Waals surface area contributed by atoms with Crippen molar-refractivity contribution in [1.82, 2.24) is 0 Å². The van der Waals surface area contributed by atoms with Gasteiger partial charge in [-0.25, -0.2) is 0 Å². The third-order valence-corrected chi connectivity index (χ3v) is 8.20. The van der Waals surface area contributed by atoms with Gasteiger partial charge in [0.25, 0.3) is 0 Å². The first-order valence-electron chi connectivity index (χ1n) is 14.0. The molecule has 0 heterocycles. The summed E-state index contributed by atoms with van der Waals surface area (Å²) in [5, 5.41) is 20.2. The Hall–Kier alpha value is -1.84. The predicted octanol–water partition coefficient (Wildman–Crippen LogP) is 7.78. The first-order valence-corrected chi connectivity index (χ1v) is 14.0. The van der Waals surface area contributed by atoms with Crippen LogP contribution >= 0.6 is 0 Å². The molecule has 2 aromatic rings. The fourth-order valence-electron chi connectivity index (χ4n) is 5.99. The maximum Gasteiger partial charge on any atom is 0.123 e. The Morgan fingerprint density at radius 2 is 1.74 bits per heavy atom. The lowest BCUT2D eigenvalue weighted by atomic mass is 9.67. The Labute approximate surface area is 213 Å². The molecule has 1 fully saturated rings. The second-order valence-electron chi connectivity index (χ2n) is 11.5. The summed E-state index contributed by atoms with van der Waals surface area (Å²) in [5.74, 6) is 2.07. The Balaban J connectivity index is 1.92. The fraction of sp³-hybridized carbons (Fsp3) is 0.625. The predicted molar refractivity (Wildman–Crippen MR) is 146 cm³/mol. The molecular weight excluding hydrogens is 432 g/mol. The average molecular weight is 481 g/mol. The van der Waals surface area contributed by atoms with Gasteiger partial charge in [-0.05, 0) is 78.0 Å². The van der Waals surface area contributed by atoms with Gasteiger partial charge in [0.1, 0.15) is 12.4 Å². The van der Waals surface area contributed by atoms with Crippen molar-refractivity contribution in [3.63, 3.8) is 0 Å². The Morgan fingerprint density at radius 1 is 0.971 bits per heavy atom. The standard InChI is InChI=1S/C32H48O3/c1-5-6-7-11-18-32(3,4)26-16-17-29(31(21-26)35-23-25-13-9-8-10-14-25)30-22-27(34)20-24(2)28(30)15-12-19-33/h8-10,13-14,16-17,21,24,27-28,30,33-34H,5-7,11-12,15,18-20,22-23H2,1-4H3. The van der Waals surface area contributed by atoms with Crippen molar-refractivity contribution >= 4 is 0 Å². The Kier molecular flexibility index (Phi) is 10.7. The second-order valence-corrected chi connectivity index (χ2v) is 11.5. The van der Waals surface area contributed by atoms with E-state index in [1.165, 1.54) is 43.2 Å². The van der Waals surface area contributed by atoms with E-state index in [9.17, 15) is 10.2 Å². The molecule has 194 valence electrons. The minimum Gasteiger partial charge on any atom is -0.489 e. The highest BCUT2D eigenvalue weighted by atomic mass is 16.5. The molecule has 1 aliphatic rings. The van der Waals surface area contributed by atoms with Crippen LogP contribution in [0.4, 0.5) is 0 Å². The van der Waals surface area contributed by atoms with Crippen LogP contribution in [-0.2, 0) is 12.0 Å². The van der Waals surface area contributed by atoms with Crippen LogP contribution < -0.4 is 4.74 Å². The summed E-state index contributed by atoms with van der Waals surface area (Å²) in [6.45, 7) is 9.99. The molecule has 4 unspecified atom stereocenters. The summed E-state index contributed by atoms with van der Waals surface area (Å²) in [5.41, 5.74) is 3.81. The molecule has 0 bridgehead atoms. The first kappa shape index (κ1) is 27.7. The van der Waals surface area contributed by atoms with E-state index in [1.54, 1.807) is 0 Å². The number of hydrogen-bond acceptors (Lipinski definition) is 3. The van der Waals surface area contributed by atoms with E-state index in [0.29, 0.717) is 18.4 Å². The zero-order valence-corrected chi connectivity index (χ0v) is 22.5. The van der Waals surface area contributed by atoms with Gasteiger partial charge in [0, 0.05) is 6.61 Å². The molecule has 0 saturated heterocycles. The molecule has 0 aliphatic heterocycles. The van der Waals surface area contributed by atoms with Crippen molar-refractivity contribution < 1.29 is 14.9 Å². The van der Waals surface area contributed by atoms with Crippen molar-refractivity contribution in [2.24, 2.45) is 11.8 Å². The van der Waals surface area contributed by atoms with Crippen LogP contribution in [0, 0.1) is 11.8 Å². The molecule has 0 radical (unpaired) electrons. The average Bonchev–Trinajstić information content (AvgIpc) is 2.85. The van der Waals surface area contributed by atoms with Crippen molar-refractivity contribution in [3.05, 3.63) is 65.2 Å². The molecule has 3 heteroatoms. The SMILES string of the molecule is CCCCCCC(C)(C)c1ccc(C2CC(O)CC(C)C2CCCO)c(OCc2ccccc2)c1. The third-order valence-electron chi connectivity index (χ3n) is 8.20. The van der Waals surface area contributed by atoms with E-state index in [4.69, 9.17) is 4.74 Å². The molecule has 3 nitrogen and oxygen atoms in total. The van der Waals surface area contributed by atoms with Crippen molar-refractivity contribution in [1.29, 1.82) is 0 Å². The summed E-state index contributed by atoms with van der Waals surface area (Å²) < 4.78 is 6.55. The summed E-state index contributed by atoms with van der Waals surface area (Å²) >= 11 is 0. The second kappa shape index (κ2) is 13.5. The fourth-order valence-corrected chi connectivity index (χ4v) is 5.99. The number of rotatable bonds is 13. The maximum atomic E-state index is 10.7. The number of benzene rings is 2. The lowest BCUT2D eigenvalue weighted by Gasteiger charge is -2.40. The van der Waals surface area contributed by atoms with Crippen LogP contribution in [0.15, 0.2) is 48.5 Å². The van der Waals surface area contributed by atoms with Gasteiger partial charge in [-0.1, -0.05) is 95.8 Å².